The maximum atomic E-state index is 12.5. The van der Waals surface area contributed by atoms with Crippen molar-refractivity contribution in [3.63, 3.8) is 0 Å². The van der Waals surface area contributed by atoms with Crippen LogP contribution in [-0.2, 0) is 0 Å². The first-order valence-corrected chi connectivity index (χ1v) is 8.03. The zero-order valence-corrected chi connectivity index (χ0v) is 14.7. The predicted octanol–water partition coefficient (Wildman–Crippen LogP) is 3.06. The molecule has 0 atom stereocenters. The summed E-state index contributed by atoms with van der Waals surface area (Å²) in [5, 5.41) is 3.08. The number of carbonyl (C=O) groups excluding carboxylic acids is 2. The van der Waals surface area contributed by atoms with Gasteiger partial charge < -0.3 is 14.6 Å². The molecule has 3 aromatic rings. The van der Waals surface area contributed by atoms with Crippen molar-refractivity contribution in [2.45, 2.75) is 6.92 Å². The van der Waals surface area contributed by atoms with Crippen LogP contribution in [0, 0.1) is 6.92 Å². The normalized spacial score (nSPS) is 10.6. The van der Waals surface area contributed by atoms with E-state index in [1.165, 1.54) is 11.0 Å². The first-order valence-electron chi connectivity index (χ1n) is 8.03. The Morgan fingerprint density at radius 2 is 1.81 bits per heavy atom. The fraction of sp³-hybridized carbons (Fsp3) is 0.150. The fourth-order valence-corrected chi connectivity index (χ4v) is 2.56. The SMILES string of the molecule is Cc1ccc2oc(C(=O)Nc3cccc(C(=O)N(C)C)c3)cc(=O)c2c1. The van der Waals surface area contributed by atoms with Crippen molar-refractivity contribution >= 4 is 28.5 Å². The van der Waals surface area contributed by atoms with Crippen molar-refractivity contribution < 1.29 is 14.0 Å². The maximum absolute atomic E-state index is 12.5. The van der Waals surface area contributed by atoms with Crippen molar-refractivity contribution in [3.8, 4) is 0 Å². The zero-order chi connectivity index (χ0) is 18.8. The molecule has 0 saturated heterocycles. The van der Waals surface area contributed by atoms with Gasteiger partial charge in [0, 0.05) is 31.4 Å². The summed E-state index contributed by atoms with van der Waals surface area (Å²) in [6.45, 7) is 1.88. The standard InChI is InChI=1S/C20H18N2O4/c1-12-7-8-17-15(9-12)16(23)11-18(26-17)19(24)21-14-6-4-5-13(10-14)20(25)22(2)3/h4-11H,1-3H3,(H,21,24). The Bertz CT molecular complexity index is 1070. The Hall–Kier alpha value is -3.41. The van der Waals surface area contributed by atoms with E-state index >= 15 is 0 Å². The smallest absolute Gasteiger partial charge is 0.291 e. The molecule has 0 saturated carbocycles. The minimum atomic E-state index is -0.556. The number of hydrogen-bond acceptors (Lipinski definition) is 4. The average molecular weight is 350 g/mol. The lowest BCUT2D eigenvalue weighted by Gasteiger charge is -2.11. The molecule has 6 nitrogen and oxygen atoms in total. The molecule has 0 fully saturated rings. The van der Waals surface area contributed by atoms with Crippen LogP contribution in [0.5, 0.6) is 0 Å². The summed E-state index contributed by atoms with van der Waals surface area (Å²) in [5.41, 5.74) is 1.89. The highest BCUT2D eigenvalue weighted by Crippen LogP contribution is 2.17. The third kappa shape index (κ3) is 3.49. The molecular formula is C20H18N2O4. The molecule has 26 heavy (non-hydrogen) atoms. The van der Waals surface area contributed by atoms with Crippen LogP contribution in [0.15, 0.2) is 57.7 Å². The minimum absolute atomic E-state index is 0.0873. The molecule has 1 N–H and O–H groups in total. The van der Waals surface area contributed by atoms with Crippen molar-refractivity contribution in [3.05, 3.63) is 75.6 Å². The van der Waals surface area contributed by atoms with Crippen LogP contribution in [0.3, 0.4) is 0 Å². The largest absolute Gasteiger partial charge is 0.451 e. The minimum Gasteiger partial charge on any atom is -0.451 e. The lowest BCUT2D eigenvalue weighted by atomic mass is 10.1. The zero-order valence-electron chi connectivity index (χ0n) is 14.7. The second-order valence-corrected chi connectivity index (χ2v) is 6.21. The number of benzene rings is 2. The monoisotopic (exact) mass is 350 g/mol. The van der Waals surface area contributed by atoms with E-state index in [0.717, 1.165) is 5.56 Å². The highest BCUT2D eigenvalue weighted by molar-refractivity contribution is 6.04. The van der Waals surface area contributed by atoms with Gasteiger partial charge in [-0.3, -0.25) is 14.4 Å². The lowest BCUT2D eigenvalue weighted by Crippen LogP contribution is -2.22. The quantitative estimate of drug-likeness (QED) is 0.787. The highest BCUT2D eigenvalue weighted by atomic mass is 16.3. The van der Waals surface area contributed by atoms with Gasteiger partial charge in [0.2, 0.25) is 0 Å². The molecule has 1 aromatic heterocycles. The summed E-state index contributed by atoms with van der Waals surface area (Å²) < 4.78 is 5.56. The number of fused-ring (bicyclic) bond motifs is 1. The molecule has 132 valence electrons. The van der Waals surface area contributed by atoms with Gasteiger partial charge in [0.15, 0.2) is 11.2 Å². The van der Waals surface area contributed by atoms with E-state index in [9.17, 15) is 14.4 Å². The Balaban J connectivity index is 1.90. The van der Waals surface area contributed by atoms with E-state index in [2.05, 4.69) is 5.32 Å². The van der Waals surface area contributed by atoms with E-state index < -0.39 is 5.91 Å². The molecule has 1 heterocycles. The van der Waals surface area contributed by atoms with Crippen molar-refractivity contribution in [1.29, 1.82) is 0 Å². The summed E-state index contributed by atoms with van der Waals surface area (Å²) >= 11 is 0. The number of carbonyl (C=O) groups is 2. The number of amides is 2. The molecule has 3 rings (SSSR count). The molecule has 6 heteroatoms. The molecule has 0 aliphatic heterocycles. The average Bonchev–Trinajstić information content (AvgIpc) is 2.61. The predicted molar refractivity (Wildman–Crippen MR) is 99.6 cm³/mol. The number of nitrogens with one attached hydrogen (secondary N) is 1. The van der Waals surface area contributed by atoms with Crippen LogP contribution in [-0.4, -0.2) is 30.8 Å². The van der Waals surface area contributed by atoms with Crippen molar-refractivity contribution in [2.24, 2.45) is 0 Å². The Labute approximate surface area is 150 Å². The number of hydrogen-bond donors (Lipinski definition) is 1. The van der Waals surface area contributed by atoms with Crippen LogP contribution in [0.2, 0.25) is 0 Å². The van der Waals surface area contributed by atoms with Crippen molar-refractivity contribution in [1.82, 2.24) is 4.90 Å². The first kappa shape index (κ1) is 17.4. The van der Waals surface area contributed by atoms with Crippen LogP contribution in [0.4, 0.5) is 5.69 Å². The van der Waals surface area contributed by atoms with E-state index in [0.29, 0.717) is 22.2 Å². The van der Waals surface area contributed by atoms with Crippen LogP contribution in [0.1, 0.15) is 26.5 Å². The van der Waals surface area contributed by atoms with Gasteiger partial charge in [-0.15, -0.1) is 0 Å². The van der Waals surface area contributed by atoms with Crippen molar-refractivity contribution in [2.75, 3.05) is 19.4 Å². The Morgan fingerprint density at radius 3 is 2.54 bits per heavy atom. The van der Waals surface area contributed by atoms with Gasteiger partial charge >= 0.3 is 0 Å². The summed E-state index contributed by atoms with van der Waals surface area (Å²) in [6.07, 6.45) is 0. The summed E-state index contributed by atoms with van der Waals surface area (Å²) in [4.78, 5) is 38.2. The number of rotatable bonds is 3. The molecule has 2 aromatic carbocycles. The maximum Gasteiger partial charge on any atom is 0.291 e. The van der Waals surface area contributed by atoms with Crippen LogP contribution in [0.25, 0.3) is 11.0 Å². The molecule has 0 bridgehead atoms. The molecule has 0 aliphatic rings. The summed E-state index contributed by atoms with van der Waals surface area (Å²) in [7, 11) is 3.30. The first-order chi connectivity index (χ1) is 12.3. The van der Waals surface area contributed by atoms with Crippen LogP contribution < -0.4 is 10.7 Å². The van der Waals surface area contributed by atoms with Gasteiger partial charge in [-0.05, 0) is 37.3 Å². The highest BCUT2D eigenvalue weighted by Gasteiger charge is 2.14. The van der Waals surface area contributed by atoms with Gasteiger partial charge in [-0.1, -0.05) is 17.7 Å². The topological polar surface area (TPSA) is 79.6 Å². The number of anilines is 1. The third-order valence-electron chi connectivity index (χ3n) is 3.88. The third-order valence-corrected chi connectivity index (χ3v) is 3.88. The van der Waals surface area contributed by atoms with E-state index in [1.807, 2.05) is 13.0 Å². The van der Waals surface area contributed by atoms with E-state index in [-0.39, 0.29) is 17.1 Å². The van der Waals surface area contributed by atoms with E-state index in [4.69, 9.17) is 4.42 Å². The van der Waals surface area contributed by atoms with E-state index in [1.54, 1.807) is 50.5 Å². The molecule has 0 unspecified atom stereocenters. The molecule has 2 amide bonds. The molecular weight excluding hydrogens is 332 g/mol. The molecule has 0 aliphatic carbocycles. The fourth-order valence-electron chi connectivity index (χ4n) is 2.56. The molecule has 0 radical (unpaired) electrons. The van der Waals surface area contributed by atoms with Gasteiger partial charge in [0.25, 0.3) is 11.8 Å². The molecule has 0 spiro atoms. The second-order valence-electron chi connectivity index (χ2n) is 6.21. The number of aryl methyl sites for hydroxylation is 1. The lowest BCUT2D eigenvalue weighted by molar-refractivity contribution is 0.0827. The van der Waals surface area contributed by atoms with Crippen LogP contribution >= 0.6 is 0 Å². The Morgan fingerprint density at radius 1 is 1.04 bits per heavy atom. The Kier molecular flexibility index (Phi) is 4.58. The van der Waals surface area contributed by atoms with Gasteiger partial charge in [-0.25, -0.2) is 0 Å². The van der Waals surface area contributed by atoms with Gasteiger partial charge in [0.05, 0.1) is 5.39 Å². The van der Waals surface area contributed by atoms with Gasteiger partial charge in [-0.2, -0.15) is 0 Å². The summed E-state index contributed by atoms with van der Waals surface area (Å²) in [5.74, 6) is -0.816. The second kappa shape index (κ2) is 6.84. The summed E-state index contributed by atoms with van der Waals surface area (Å²) in [6, 6.07) is 12.9. The number of nitrogens with zero attached hydrogens (tertiary/aromatic N) is 1. The van der Waals surface area contributed by atoms with Gasteiger partial charge in [0.1, 0.15) is 5.58 Å².